The van der Waals surface area contributed by atoms with Crippen molar-refractivity contribution in [2.24, 2.45) is 0 Å². The summed E-state index contributed by atoms with van der Waals surface area (Å²) in [4.78, 5) is 26.3. The molecular formula is C22H18N4O2S. The predicted molar refractivity (Wildman–Crippen MR) is 112 cm³/mol. The molecule has 1 amide bonds. The maximum atomic E-state index is 11.9. The van der Waals surface area contributed by atoms with E-state index in [0.29, 0.717) is 18.1 Å². The average molecular weight is 402 g/mol. The van der Waals surface area contributed by atoms with Gasteiger partial charge in [0.2, 0.25) is 0 Å². The van der Waals surface area contributed by atoms with Crippen LogP contribution in [0.4, 0.5) is 0 Å². The Balaban J connectivity index is 1.36. The molecule has 3 heterocycles. The van der Waals surface area contributed by atoms with Gasteiger partial charge in [-0.1, -0.05) is 12.1 Å². The molecule has 0 fully saturated rings. The topological polar surface area (TPSA) is 77.0 Å². The fourth-order valence-corrected chi connectivity index (χ4v) is 3.30. The van der Waals surface area contributed by atoms with Gasteiger partial charge in [0.25, 0.3) is 5.91 Å². The molecule has 144 valence electrons. The largest absolute Gasteiger partial charge is 0.484 e. The minimum Gasteiger partial charge on any atom is -0.484 e. The summed E-state index contributed by atoms with van der Waals surface area (Å²) in [6.45, 7) is 0.485. The van der Waals surface area contributed by atoms with Crippen LogP contribution in [-0.4, -0.2) is 27.5 Å². The van der Waals surface area contributed by atoms with Gasteiger partial charge in [-0.25, -0.2) is 9.97 Å². The van der Waals surface area contributed by atoms with Crippen LogP contribution in [0.3, 0.4) is 0 Å². The first-order chi connectivity index (χ1) is 14.3. The molecule has 0 unspecified atom stereocenters. The minimum atomic E-state index is -0.158. The maximum absolute atomic E-state index is 11.9. The van der Waals surface area contributed by atoms with Crippen LogP contribution in [0.1, 0.15) is 4.88 Å². The van der Waals surface area contributed by atoms with Crippen molar-refractivity contribution in [3.8, 4) is 28.5 Å². The second kappa shape index (κ2) is 9.07. The van der Waals surface area contributed by atoms with E-state index in [1.165, 1.54) is 0 Å². The third-order valence-electron chi connectivity index (χ3n) is 4.11. The summed E-state index contributed by atoms with van der Waals surface area (Å²) < 4.78 is 5.56. The van der Waals surface area contributed by atoms with Crippen molar-refractivity contribution in [3.05, 3.63) is 83.3 Å². The summed E-state index contributed by atoms with van der Waals surface area (Å²) in [5.74, 6) is 1.06. The zero-order valence-electron chi connectivity index (χ0n) is 15.5. The van der Waals surface area contributed by atoms with Crippen molar-refractivity contribution in [2.75, 3.05) is 6.61 Å². The van der Waals surface area contributed by atoms with Crippen LogP contribution in [0.5, 0.6) is 5.75 Å². The molecule has 0 radical (unpaired) electrons. The first-order valence-electron chi connectivity index (χ1n) is 9.05. The molecule has 4 rings (SSSR count). The standard InChI is InChI=1S/C22H18N4O2S/c27-21(25-14-18-4-3-13-29-18)15-28-17-8-6-16(7-9-17)22-24-12-10-20(26-22)19-5-1-2-11-23-19/h1-13H,14-15H2,(H,25,27). The molecule has 29 heavy (non-hydrogen) atoms. The average Bonchev–Trinajstić information content (AvgIpc) is 3.31. The number of aromatic nitrogens is 3. The number of thiophene rings is 1. The number of rotatable bonds is 7. The van der Waals surface area contributed by atoms with Gasteiger partial charge in [-0.05, 0) is 53.9 Å². The van der Waals surface area contributed by atoms with Gasteiger partial charge in [0.1, 0.15) is 5.75 Å². The van der Waals surface area contributed by atoms with Gasteiger partial charge in [-0.15, -0.1) is 11.3 Å². The fraction of sp³-hybridized carbons (Fsp3) is 0.0909. The van der Waals surface area contributed by atoms with E-state index in [9.17, 15) is 4.79 Å². The Labute approximate surface area is 172 Å². The normalized spacial score (nSPS) is 10.5. The fourth-order valence-electron chi connectivity index (χ4n) is 2.65. The van der Waals surface area contributed by atoms with Gasteiger partial charge in [0.15, 0.2) is 12.4 Å². The van der Waals surface area contributed by atoms with E-state index < -0.39 is 0 Å². The van der Waals surface area contributed by atoms with Crippen molar-refractivity contribution in [2.45, 2.75) is 6.54 Å². The Morgan fingerprint density at radius 2 is 1.83 bits per heavy atom. The number of benzene rings is 1. The third-order valence-corrected chi connectivity index (χ3v) is 4.98. The monoisotopic (exact) mass is 402 g/mol. The zero-order chi connectivity index (χ0) is 19.9. The van der Waals surface area contributed by atoms with Crippen molar-refractivity contribution in [3.63, 3.8) is 0 Å². The van der Waals surface area contributed by atoms with Crippen molar-refractivity contribution in [1.82, 2.24) is 20.3 Å². The van der Waals surface area contributed by atoms with E-state index in [2.05, 4.69) is 20.3 Å². The third kappa shape index (κ3) is 5.03. The van der Waals surface area contributed by atoms with Gasteiger partial charge in [0.05, 0.1) is 17.9 Å². The lowest BCUT2D eigenvalue weighted by Gasteiger charge is -2.08. The first-order valence-corrected chi connectivity index (χ1v) is 9.93. The lowest BCUT2D eigenvalue weighted by atomic mass is 10.2. The van der Waals surface area contributed by atoms with Gasteiger partial charge >= 0.3 is 0 Å². The maximum Gasteiger partial charge on any atom is 0.258 e. The summed E-state index contributed by atoms with van der Waals surface area (Å²) in [5.41, 5.74) is 2.42. The predicted octanol–water partition coefficient (Wildman–Crippen LogP) is 3.96. The Morgan fingerprint density at radius 1 is 0.931 bits per heavy atom. The van der Waals surface area contributed by atoms with Gasteiger partial charge < -0.3 is 10.1 Å². The number of nitrogens with zero attached hydrogens (tertiary/aromatic N) is 3. The first kappa shape index (κ1) is 18.8. The van der Waals surface area contributed by atoms with E-state index in [0.717, 1.165) is 21.8 Å². The van der Waals surface area contributed by atoms with Gasteiger partial charge in [-0.2, -0.15) is 0 Å². The highest BCUT2D eigenvalue weighted by atomic mass is 32.1. The summed E-state index contributed by atoms with van der Waals surface area (Å²) in [6.07, 6.45) is 3.45. The lowest BCUT2D eigenvalue weighted by Crippen LogP contribution is -2.28. The van der Waals surface area contributed by atoms with Crippen LogP contribution in [-0.2, 0) is 11.3 Å². The van der Waals surface area contributed by atoms with Crippen LogP contribution in [0.15, 0.2) is 78.4 Å². The molecule has 0 aliphatic rings. The molecule has 4 aromatic rings. The smallest absolute Gasteiger partial charge is 0.258 e. The van der Waals surface area contributed by atoms with Crippen LogP contribution in [0.2, 0.25) is 0 Å². The number of carbonyl (C=O) groups is 1. The van der Waals surface area contributed by atoms with E-state index in [1.807, 2.05) is 53.9 Å². The highest BCUT2D eigenvalue weighted by Gasteiger charge is 2.07. The number of nitrogens with one attached hydrogen (secondary N) is 1. The molecule has 0 aliphatic carbocycles. The second-order valence-electron chi connectivity index (χ2n) is 6.15. The van der Waals surface area contributed by atoms with Crippen molar-refractivity contribution < 1.29 is 9.53 Å². The Morgan fingerprint density at radius 3 is 2.59 bits per heavy atom. The lowest BCUT2D eigenvalue weighted by molar-refractivity contribution is -0.123. The number of amides is 1. The van der Waals surface area contributed by atoms with E-state index >= 15 is 0 Å². The van der Waals surface area contributed by atoms with Crippen LogP contribution in [0.25, 0.3) is 22.8 Å². The molecular weight excluding hydrogens is 384 g/mol. The highest BCUT2D eigenvalue weighted by Crippen LogP contribution is 2.21. The minimum absolute atomic E-state index is 0.0314. The molecule has 0 bridgehead atoms. The summed E-state index contributed by atoms with van der Waals surface area (Å²) >= 11 is 1.61. The van der Waals surface area contributed by atoms with Crippen LogP contribution in [0, 0.1) is 0 Å². The number of hydrogen-bond donors (Lipinski definition) is 1. The molecule has 0 atom stereocenters. The number of hydrogen-bond acceptors (Lipinski definition) is 6. The summed E-state index contributed by atoms with van der Waals surface area (Å²) in [6, 6.07) is 18.8. The van der Waals surface area contributed by atoms with E-state index in [1.54, 1.807) is 35.9 Å². The molecule has 0 spiro atoms. The molecule has 1 N–H and O–H groups in total. The molecule has 7 heteroatoms. The molecule has 0 saturated carbocycles. The van der Waals surface area contributed by atoms with Crippen LogP contribution < -0.4 is 10.1 Å². The molecule has 3 aromatic heterocycles. The molecule has 6 nitrogen and oxygen atoms in total. The van der Waals surface area contributed by atoms with Crippen molar-refractivity contribution >= 4 is 17.2 Å². The quantitative estimate of drug-likeness (QED) is 0.506. The van der Waals surface area contributed by atoms with Gasteiger partial charge in [0, 0.05) is 22.8 Å². The summed E-state index contributed by atoms with van der Waals surface area (Å²) in [7, 11) is 0. The Kier molecular flexibility index (Phi) is 5.87. The molecule has 0 saturated heterocycles. The highest BCUT2D eigenvalue weighted by molar-refractivity contribution is 7.09. The number of pyridine rings is 1. The van der Waals surface area contributed by atoms with Crippen LogP contribution >= 0.6 is 11.3 Å². The Bertz CT molecular complexity index is 1070. The number of carbonyl (C=O) groups excluding carboxylic acids is 1. The summed E-state index contributed by atoms with van der Waals surface area (Å²) in [5, 5.41) is 4.82. The van der Waals surface area contributed by atoms with Gasteiger partial charge in [-0.3, -0.25) is 9.78 Å². The van der Waals surface area contributed by atoms with E-state index in [4.69, 9.17) is 4.74 Å². The molecule has 0 aliphatic heterocycles. The second-order valence-corrected chi connectivity index (χ2v) is 7.18. The molecule has 1 aromatic carbocycles. The SMILES string of the molecule is O=C(COc1ccc(-c2nccc(-c3ccccn3)n2)cc1)NCc1cccs1. The van der Waals surface area contributed by atoms with Crippen molar-refractivity contribution in [1.29, 1.82) is 0 Å². The Hall–Kier alpha value is -3.58. The number of ether oxygens (including phenoxy) is 1. The van der Waals surface area contributed by atoms with E-state index in [-0.39, 0.29) is 12.5 Å². The zero-order valence-corrected chi connectivity index (χ0v) is 16.3.